The first-order chi connectivity index (χ1) is 13.1. The lowest BCUT2D eigenvalue weighted by atomic mass is 10.2. The quantitative estimate of drug-likeness (QED) is 0.377. The Morgan fingerprint density at radius 2 is 1.96 bits per heavy atom. The maximum absolute atomic E-state index is 6.21. The summed E-state index contributed by atoms with van der Waals surface area (Å²) in [7, 11) is 1.83. The van der Waals surface area contributed by atoms with E-state index in [9.17, 15) is 0 Å². The second-order valence-electron chi connectivity index (χ2n) is 5.74. The average molecular weight is 461 g/mol. The lowest BCUT2D eigenvalue weighted by molar-refractivity contribution is 0.302. The molecule has 1 aromatic heterocycles. The molecule has 0 bridgehead atoms. The summed E-state index contributed by atoms with van der Waals surface area (Å²) in [4.78, 5) is 0. The van der Waals surface area contributed by atoms with Crippen molar-refractivity contribution in [3.8, 4) is 5.75 Å². The van der Waals surface area contributed by atoms with Gasteiger partial charge in [0, 0.05) is 47.1 Å². The number of benzene rings is 2. The lowest BCUT2D eigenvalue weighted by Crippen LogP contribution is -2.17. The van der Waals surface area contributed by atoms with Gasteiger partial charge in [-0.1, -0.05) is 59.2 Å². The molecule has 2 aromatic carbocycles. The fourth-order valence-electron chi connectivity index (χ4n) is 2.37. The summed E-state index contributed by atoms with van der Waals surface area (Å²) in [5, 5.41) is 16.8. The SMILES string of the molecule is Cl.Cn1nnnc1SCCNCc1ccccc1OCc1ccc(Cl)cc1Cl. The first-order valence-corrected chi connectivity index (χ1v) is 10.1. The Bertz CT molecular complexity index is 893. The maximum atomic E-state index is 6.21. The molecule has 3 aromatic rings. The van der Waals surface area contributed by atoms with Gasteiger partial charge in [0.25, 0.3) is 0 Å². The zero-order valence-electron chi connectivity index (χ0n) is 15.1. The Kier molecular flexibility index (Phi) is 9.34. The largest absolute Gasteiger partial charge is 0.489 e. The molecular weight excluding hydrogens is 441 g/mol. The van der Waals surface area contributed by atoms with Crippen molar-refractivity contribution in [2.24, 2.45) is 7.05 Å². The maximum Gasteiger partial charge on any atom is 0.209 e. The molecule has 10 heteroatoms. The number of hydrogen-bond donors (Lipinski definition) is 1. The number of halogens is 3. The number of thioether (sulfide) groups is 1. The van der Waals surface area contributed by atoms with Crippen molar-refractivity contribution < 1.29 is 4.74 Å². The van der Waals surface area contributed by atoms with E-state index in [1.807, 2.05) is 43.4 Å². The van der Waals surface area contributed by atoms with Gasteiger partial charge in [0.05, 0.1) is 0 Å². The molecule has 0 amide bonds. The molecule has 0 saturated heterocycles. The minimum Gasteiger partial charge on any atom is -0.489 e. The van der Waals surface area contributed by atoms with Crippen molar-refractivity contribution >= 4 is 47.4 Å². The van der Waals surface area contributed by atoms with Crippen LogP contribution in [-0.4, -0.2) is 32.5 Å². The van der Waals surface area contributed by atoms with Crippen LogP contribution in [0.25, 0.3) is 0 Å². The van der Waals surface area contributed by atoms with Crippen molar-refractivity contribution in [2.45, 2.75) is 18.3 Å². The van der Waals surface area contributed by atoms with Crippen molar-refractivity contribution in [3.05, 3.63) is 63.6 Å². The first-order valence-electron chi connectivity index (χ1n) is 8.34. The number of ether oxygens (including phenoxy) is 1. The fraction of sp³-hybridized carbons (Fsp3) is 0.278. The van der Waals surface area contributed by atoms with Crippen LogP contribution in [0.3, 0.4) is 0 Å². The predicted octanol–water partition coefficient (Wildman–Crippen LogP) is 4.40. The van der Waals surface area contributed by atoms with Crippen LogP contribution >= 0.6 is 47.4 Å². The minimum atomic E-state index is 0. The number of rotatable bonds is 9. The fourth-order valence-corrected chi connectivity index (χ4v) is 3.58. The number of hydrogen-bond acceptors (Lipinski definition) is 6. The Morgan fingerprint density at radius 3 is 2.71 bits per heavy atom. The van der Waals surface area contributed by atoms with Crippen molar-refractivity contribution in [1.29, 1.82) is 0 Å². The molecule has 0 atom stereocenters. The summed E-state index contributed by atoms with van der Waals surface area (Å²) in [6.07, 6.45) is 0. The Balaban J connectivity index is 0.00000280. The summed E-state index contributed by atoms with van der Waals surface area (Å²) in [6, 6.07) is 13.4. The third-order valence-electron chi connectivity index (χ3n) is 3.78. The van der Waals surface area contributed by atoms with Crippen LogP contribution < -0.4 is 10.1 Å². The van der Waals surface area contributed by atoms with E-state index in [2.05, 4.69) is 20.8 Å². The number of aromatic nitrogens is 4. The van der Waals surface area contributed by atoms with E-state index in [1.165, 1.54) is 0 Å². The standard InChI is InChI=1S/C18H19Cl2N5OS.ClH/c1-25-18(22-23-24-25)27-9-8-21-11-13-4-2-3-5-17(13)26-12-14-6-7-15(19)10-16(14)20;/h2-7,10,21H,8-9,11-12H2,1H3;1H. The topological polar surface area (TPSA) is 64.9 Å². The average Bonchev–Trinajstić information content (AvgIpc) is 3.06. The van der Waals surface area contributed by atoms with Crippen LogP contribution in [-0.2, 0) is 20.2 Å². The van der Waals surface area contributed by atoms with Gasteiger partial charge in [-0.3, -0.25) is 0 Å². The van der Waals surface area contributed by atoms with Crippen LogP contribution in [0.4, 0.5) is 0 Å². The highest BCUT2D eigenvalue weighted by Gasteiger charge is 2.07. The van der Waals surface area contributed by atoms with E-state index < -0.39 is 0 Å². The Morgan fingerprint density at radius 1 is 1.14 bits per heavy atom. The summed E-state index contributed by atoms with van der Waals surface area (Å²) in [6.45, 7) is 1.93. The zero-order valence-corrected chi connectivity index (χ0v) is 18.3. The molecule has 28 heavy (non-hydrogen) atoms. The molecule has 0 aliphatic rings. The monoisotopic (exact) mass is 459 g/mol. The van der Waals surface area contributed by atoms with E-state index >= 15 is 0 Å². The molecule has 1 heterocycles. The highest BCUT2D eigenvalue weighted by atomic mass is 35.5. The van der Waals surface area contributed by atoms with E-state index in [0.29, 0.717) is 23.2 Å². The van der Waals surface area contributed by atoms with Gasteiger partial charge in [-0.05, 0) is 28.6 Å². The van der Waals surface area contributed by atoms with Crippen LogP contribution in [0.2, 0.25) is 10.0 Å². The van der Waals surface area contributed by atoms with E-state index in [0.717, 1.165) is 34.3 Å². The summed E-state index contributed by atoms with van der Waals surface area (Å²) < 4.78 is 7.64. The molecule has 6 nitrogen and oxygen atoms in total. The van der Waals surface area contributed by atoms with Gasteiger partial charge in [-0.2, -0.15) is 0 Å². The van der Waals surface area contributed by atoms with Crippen LogP contribution in [0.1, 0.15) is 11.1 Å². The minimum absolute atomic E-state index is 0. The van der Waals surface area contributed by atoms with Crippen molar-refractivity contribution in [3.63, 3.8) is 0 Å². The number of nitrogens with one attached hydrogen (secondary N) is 1. The van der Waals surface area contributed by atoms with E-state index in [1.54, 1.807) is 22.5 Å². The molecule has 0 unspecified atom stereocenters. The number of para-hydroxylation sites is 1. The molecule has 0 fully saturated rings. The summed E-state index contributed by atoms with van der Waals surface area (Å²) in [5.74, 6) is 1.71. The number of nitrogens with zero attached hydrogens (tertiary/aromatic N) is 4. The van der Waals surface area contributed by atoms with Gasteiger partial charge in [0.2, 0.25) is 5.16 Å². The smallest absolute Gasteiger partial charge is 0.209 e. The molecule has 3 rings (SSSR count). The summed E-state index contributed by atoms with van der Waals surface area (Å²) in [5.41, 5.74) is 1.99. The third kappa shape index (κ3) is 6.53. The first kappa shape index (κ1) is 22.8. The van der Waals surface area contributed by atoms with Crippen LogP contribution in [0.5, 0.6) is 5.75 Å². The highest BCUT2D eigenvalue weighted by molar-refractivity contribution is 7.99. The number of tetrazole rings is 1. The Hall–Kier alpha value is -1.51. The van der Waals surface area contributed by atoms with E-state index in [4.69, 9.17) is 27.9 Å². The van der Waals surface area contributed by atoms with Gasteiger partial charge in [0.1, 0.15) is 12.4 Å². The molecule has 150 valence electrons. The van der Waals surface area contributed by atoms with Crippen molar-refractivity contribution in [2.75, 3.05) is 12.3 Å². The number of aryl methyl sites for hydroxylation is 1. The molecule has 0 aliphatic heterocycles. The molecule has 0 aliphatic carbocycles. The molecular formula is C18H20Cl3N5OS. The normalized spacial score (nSPS) is 10.5. The molecule has 0 spiro atoms. The van der Waals surface area contributed by atoms with Gasteiger partial charge >= 0.3 is 0 Å². The molecule has 0 saturated carbocycles. The predicted molar refractivity (Wildman–Crippen MR) is 116 cm³/mol. The molecule has 0 radical (unpaired) electrons. The van der Waals surface area contributed by atoms with Gasteiger partial charge < -0.3 is 10.1 Å². The Labute approximate surface area is 184 Å². The van der Waals surface area contributed by atoms with Crippen LogP contribution in [0, 0.1) is 0 Å². The van der Waals surface area contributed by atoms with Gasteiger partial charge in [-0.25, -0.2) is 4.68 Å². The van der Waals surface area contributed by atoms with Gasteiger partial charge in [0.15, 0.2) is 0 Å². The zero-order chi connectivity index (χ0) is 19.1. The second kappa shape index (κ2) is 11.5. The van der Waals surface area contributed by atoms with Gasteiger partial charge in [-0.15, -0.1) is 17.5 Å². The van der Waals surface area contributed by atoms with Crippen LogP contribution in [0.15, 0.2) is 47.6 Å². The third-order valence-corrected chi connectivity index (χ3v) is 5.38. The molecule has 1 N–H and O–H groups in total. The van der Waals surface area contributed by atoms with E-state index in [-0.39, 0.29) is 12.4 Å². The second-order valence-corrected chi connectivity index (χ2v) is 7.65. The van der Waals surface area contributed by atoms with Crippen molar-refractivity contribution in [1.82, 2.24) is 25.5 Å². The lowest BCUT2D eigenvalue weighted by Gasteiger charge is -2.13. The highest BCUT2D eigenvalue weighted by Crippen LogP contribution is 2.24. The summed E-state index contributed by atoms with van der Waals surface area (Å²) >= 11 is 13.8.